The maximum atomic E-state index is 14.4. The molecule has 3 heterocycles. The number of nitrogens with zero attached hydrogens (tertiary/aromatic N) is 4. The Morgan fingerprint density at radius 2 is 2.00 bits per heavy atom. The number of carbonyl (C=O) groups excluding carboxylic acids is 1. The molecule has 0 aliphatic carbocycles. The molecular formula is C19H25F4N5O3. The third-order valence-corrected chi connectivity index (χ3v) is 5.17. The van der Waals surface area contributed by atoms with Crippen molar-refractivity contribution in [3.63, 3.8) is 0 Å². The number of fused-ring (bicyclic) bond motifs is 1. The summed E-state index contributed by atoms with van der Waals surface area (Å²) in [7, 11) is 0. The van der Waals surface area contributed by atoms with Crippen molar-refractivity contribution < 1.29 is 32.2 Å². The van der Waals surface area contributed by atoms with Crippen LogP contribution in [-0.4, -0.2) is 49.4 Å². The van der Waals surface area contributed by atoms with Gasteiger partial charge in [-0.1, -0.05) is 26.7 Å². The molecule has 0 spiro atoms. The highest BCUT2D eigenvalue weighted by atomic mass is 19.4. The third kappa shape index (κ3) is 4.95. The fourth-order valence-electron chi connectivity index (χ4n) is 3.70. The van der Waals surface area contributed by atoms with Gasteiger partial charge in [0.15, 0.2) is 23.2 Å². The van der Waals surface area contributed by atoms with Crippen LogP contribution in [0.5, 0.6) is 0 Å². The summed E-state index contributed by atoms with van der Waals surface area (Å²) in [6.45, 7) is 3.40. The lowest BCUT2D eigenvalue weighted by atomic mass is 9.97. The normalized spacial score (nSPS) is 21.9. The molecule has 3 atom stereocenters. The van der Waals surface area contributed by atoms with Crippen molar-refractivity contribution in [2.24, 2.45) is 5.92 Å². The fourth-order valence-corrected chi connectivity index (χ4v) is 3.70. The van der Waals surface area contributed by atoms with E-state index in [-0.39, 0.29) is 29.3 Å². The molecule has 1 aliphatic rings. The maximum Gasteiger partial charge on any atom is 0.451 e. The highest BCUT2D eigenvalue weighted by Crippen LogP contribution is 2.35. The number of carbonyl (C=O) groups is 1. The summed E-state index contributed by atoms with van der Waals surface area (Å²) in [4.78, 5) is 23.7. The SMILES string of the molecule is CCCC(CCC)C(=O)Nc1nc(C(F)(F)F)nc2c1ncn2C1OC(CO)CC1F. The van der Waals surface area contributed by atoms with Gasteiger partial charge in [0.05, 0.1) is 19.0 Å². The lowest BCUT2D eigenvalue weighted by molar-refractivity contribution is -0.144. The van der Waals surface area contributed by atoms with E-state index in [9.17, 15) is 27.5 Å². The molecule has 0 saturated carbocycles. The van der Waals surface area contributed by atoms with Crippen LogP contribution in [0.25, 0.3) is 11.2 Å². The molecule has 8 nitrogen and oxygen atoms in total. The van der Waals surface area contributed by atoms with Crippen molar-refractivity contribution >= 4 is 22.9 Å². The molecule has 1 fully saturated rings. The number of rotatable bonds is 8. The van der Waals surface area contributed by atoms with E-state index in [1.165, 1.54) is 0 Å². The second kappa shape index (κ2) is 9.43. The fraction of sp³-hybridized carbons (Fsp3) is 0.684. The number of anilines is 1. The van der Waals surface area contributed by atoms with Crippen LogP contribution in [0, 0.1) is 5.92 Å². The van der Waals surface area contributed by atoms with Gasteiger partial charge >= 0.3 is 6.18 Å². The number of aliphatic hydroxyl groups is 1. The number of alkyl halides is 4. The van der Waals surface area contributed by atoms with E-state index in [1.54, 1.807) is 0 Å². The van der Waals surface area contributed by atoms with E-state index in [0.717, 1.165) is 23.7 Å². The lowest BCUT2D eigenvalue weighted by Crippen LogP contribution is -2.25. The van der Waals surface area contributed by atoms with Crippen molar-refractivity contribution in [3.05, 3.63) is 12.2 Å². The Bertz CT molecular complexity index is 914. The molecule has 3 rings (SSSR count). The number of amides is 1. The highest BCUT2D eigenvalue weighted by Gasteiger charge is 2.40. The molecule has 0 bridgehead atoms. The summed E-state index contributed by atoms with van der Waals surface area (Å²) in [6, 6.07) is 0. The quantitative estimate of drug-likeness (QED) is 0.600. The average Bonchev–Trinajstić information content (AvgIpc) is 3.30. The van der Waals surface area contributed by atoms with Gasteiger partial charge in [-0.05, 0) is 12.8 Å². The van der Waals surface area contributed by atoms with E-state index >= 15 is 0 Å². The molecule has 31 heavy (non-hydrogen) atoms. The summed E-state index contributed by atoms with van der Waals surface area (Å²) < 4.78 is 61.2. The van der Waals surface area contributed by atoms with Gasteiger partial charge in [0.25, 0.3) is 0 Å². The van der Waals surface area contributed by atoms with E-state index in [4.69, 9.17) is 4.74 Å². The molecule has 1 amide bonds. The van der Waals surface area contributed by atoms with Crippen LogP contribution in [0.15, 0.2) is 6.33 Å². The standard InChI is InChI=1S/C19H25F4N5O3/c1-3-5-10(6-4-2)16(30)25-14-13-15(27-18(26-14)19(21,22)23)28(9-24-13)17-12(20)7-11(8-29)31-17/h9-12,17,29H,3-8H2,1-2H3,(H,25,26,27,30). The first kappa shape index (κ1) is 23.3. The molecule has 1 saturated heterocycles. The summed E-state index contributed by atoms with van der Waals surface area (Å²) in [5.41, 5.74) is -0.414. The Hall–Kier alpha value is -2.34. The number of hydrogen-bond donors (Lipinski definition) is 2. The minimum absolute atomic E-state index is 0.101. The Kier molecular flexibility index (Phi) is 7.10. The van der Waals surface area contributed by atoms with Crippen LogP contribution in [0.4, 0.5) is 23.4 Å². The summed E-state index contributed by atoms with van der Waals surface area (Å²) in [5, 5.41) is 11.7. The highest BCUT2D eigenvalue weighted by molar-refractivity contribution is 5.98. The van der Waals surface area contributed by atoms with Crippen LogP contribution in [0.3, 0.4) is 0 Å². The molecule has 1 aliphatic heterocycles. The molecule has 0 aromatic carbocycles. The summed E-state index contributed by atoms with van der Waals surface area (Å²) >= 11 is 0. The third-order valence-electron chi connectivity index (χ3n) is 5.17. The first-order valence-electron chi connectivity index (χ1n) is 10.2. The van der Waals surface area contributed by atoms with Crippen molar-refractivity contribution in [3.8, 4) is 0 Å². The number of aliphatic hydroxyl groups excluding tert-OH is 1. The largest absolute Gasteiger partial charge is 0.451 e. The average molecular weight is 447 g/mol. The van der Waals surface area contributed by atoms with Gasteiger partial charge in [-0.25, -0.2) is 19.3 Å². The number of halogens is 4. The monoisotopic (exact) mass is 447 g/mol. The molecule has 2 N–H and O–H groups in total. The molecule has 2 aromatic rings. The van der Waals surface area contributed by atoms with Gasteiger partial charge in [-0.15, -0.1) is 0 Å². The summed E-state index contributed by atoms with van der Waals surface area (Å²) in [5.74, 6) is -2.69. The number of hydrogen-bond acceptors (Lipinski definition) is 6. The molecule has 2 aromatic heterocycles. The van der Waals surface area contributed by atoms with E-state index < -0.39 is 43.0 Å². The number of ether oxygens (including phenoxy) is 1. The smallest absolute Gasteiger partial charge is 0.394 e. The van der Waals surface area contributed by atoms with Crippen LogP contribution >= 0.6 is 0 Å². The van der Waals surface area contributed by atoms with Gasteiger partial charge in [0.1, 0.15) is 6.17 Å². The number of imidazole rings is 1. The Morgan fingerprint density at radius 1 is 1.32 bits per heavy atom. The lowest BCUT2D eigenvalue weighted by Gasteiger charge is -2.17. The minimum Gasteiger partial charge on any atom is -0.394 e. The minimum atomic E-state index is -4.89. The van der Waals surface area contributed by atoms with Crippen molar-refractivity contribution in [2.45, 2.75) is 70.6 Å². The van der Waals surface area contributed by atoms with Crippen molar-refractivity contribution in [1.29, 1.82) is 0 Å². The topological polar surface area (TPSA) is 102 Å². The predicted octanol–water partition coefficient (Wildman–Crippen LogP) is 3.62. The Balaban J connectivity index is 2.03. The molecule has 3 unspecified atom stereocenters. The molecule has 12 heteroatoms. The van der Waals surface area contributed by atoms with Crippen LogP contribution in [0.1, 0.15) is 58.0 Å². The van der Waals surface area contributed by atoms with Crippen molar-refractivity contribution in [1.82, 2.24) is 19.5 Å². The zero-order chi connectivity index (χ0) is 22.8. The summed E-state index contributed by atoms with van der Waals surface area (Å²) in [6.07, 6.45) is -4.93. The van der Waals surface area contributed by atoms with Gasteiger partial charge < -0.3 is 15.2 Å². The first-order valence-corrected chi connectivity index (χ1v) is 10.2. The zero-order valence-electron chi connectivity index (χ0n) is 17.2. The van der Waals surface area contributed by atoms with E-state index in [1.807, 2.05) is 13.8 Å². The van der Waals surface area contributed by atoms with Gasteiger partial charge in [0, 0.05) is 12.3 Å². The van der Waals surface area contributed by atoms with Crippen LogP contribution in [0.2, 0.25) is 0 Å². The number of aromatic nitrogens is 4. The zero-order valence-corrected chi connectivity index (χ0v) is 17.2. The van der Waals surface area contributed by atoms with Crippen LogP contribution < -0.4 is 5.32 Å². The second-order valence-corrected chi connectivity index (χ2v) is 7.56. The Labute approximate surface area is 176 Å². The molecular weight excluding hydrogens is 422 g/mol. The van der Waals surface area contributed by atoms with Gasteiger partial charge in [-0.3, -0.25) is 9.36 Å². The van der Waals surface area contributed by atoms with E-state index in [2.05, 4.69) is 20.3 Å². The van der Waals surface area contributed by atoms with Gasteiger partial charge in [-0.2, -0.15) is 13.2 Å². The van der Waals surface area contributed by atoms with E-state index in [0.29, 0.717) is 12.8 Å². The van der Waals surface area contributed by atoms with Crippen LogP contribution in [-0.2, 0) is 15.7 Å². The second-order valence-electron chi connectivity index (χ2n) is 7.56. The molecule has 0 radical (unpaired) electrons. The predicted molar refractivity (Wildman–Crippen MR) is 103 cm³/mol. The van der Waals surface area contributed by atoms with Gasteiger partial charge in [0.2, 0.25) is 11.7 Å². The number of nitrogens with one attached hydrogen (secondary N) is 1. The Morgan fingerprint density at radius 3 is 2.55 bits per heavy atom. The first-order chi connectivity index (χ1) is 14.7. The molecule has 172 valence electrons. The maximum absolute atomic E-state index is 14.4. The van der Waals surface area contributed by atoms with Crippen molar-refractivity contribution in [2.75, 3.05) is 11.9 Å².